The number of aromatic carboxylic acids is 1. The van der Waals surface area contributed by atoms with E-state index in [1.165, 1.54) is 18.2 Å². The highest BCUT2D eigenvalue weighted by molar-refractivity contribution is 7.91. The SMILES string of the molecule is C=C(C)CCOCCS(=O)(=O)c1cccc(C(=O)O)c1. The van der Waals surface area contributed by atoms with Gasteiger partial charge in [-0.2, -0.15) is 0 Å². The normalized spacial score (nSPS) is 11.2. The van der Waals surface area contributed by atoms with Crippen molar-refractivity contribution in [2.75, 3.05) is 19.0 Å². The van der Waals surface area contributed by atoms with Gasteiger partial charge in [-0.15, -0.1) is 6.58 Å². The smallest absolute Gasteiger partial charge is 0.335 e. The predicted molar refractivity (Wildman–Crippen MR) is 75.7 cm³/mol. The number of hydrogen-bond acceptors (Lipinski definition) is 4. The second-order valence-corrected chi connectivity index (χ2v) is 6.58. The van der Waals surface area contributed by atoms with Crippen LogP contribution in [-0.4, -0.2) is 38.5 Å². The maximum atomic E-state index is 12.0. The summed E-state index contributed by atoms with van der Waals surface area (Å²) >= 11 is 0. The summed E-state index contributed by atoms with van der Waals surface area (Å²) in [4.78, 5) is 10.8. The first-order valence-electron chi connectivity index (χ1n) is 6.11. The molecule has 0 saturated carbocycles. The zero-order valence-electron chi connectivity index (χ0n) is 11.3. The highest BCUT2D eigenvalue weighted by atomic mass is 32.2. The number of carboxylic acid groups (broad SMARTS) is 1. The van der Waals surface area contributed by atoms with Crippen molar-refractivity contribution in [3.63, 3.8) is 0 Å². The largest absolute Gasteiger partial charge is 0.478 e. The fourth-order valence-electron chi connectivity index (χ4n) is 1.46. The molecule has 1 rings (SSSR count). The molecule has 0 amide bonds. The number of benzene rings is 1. The maximum Gasteiger partial charge on any atom is 0.335 e. The van der Waals surface area contributed by atoms with E-state index in [0.717, 1.165) is 11.6 Å². The number of carboxylic acids is 1. The molecule has 1 aromatic carbocycles. The Labute approximate surface area is 118 Å². The lowest BCUT2D eigenvalue weighted by atomic mass is 10.2. The van der Waals surface area contributed by atoms with Gasteiger partial charge in [0.2, 0.25) is 0 Å². The van der Waals surface area contributed by atoms with Gasteiger partial charge >= 0.3 is 5.97 Å². The number of carbonyl (C=O) groups is 1. The van der Waals surface area contributed by atoms with Crippen LogP contribution in [0.4, 0.5) is 0 Å². The van der Waals surface area contributed by atoms with Gasteiger partial charge in [-0.1, -0.05) is 11.6 Å². The summed E-state index contributed by atoms with van der Waals surface area (Å²) in [5.41, 5.74) is 0.927. The van der Waals surface area contributed by atoms with E-state index < -0.39 is 15.8 Å². The van der Waals surface area contributed by atoms with Crippen molar-refractivity contribution in [2.24, 2.45) is 0 Å². The summed E-state index contributed by atoms with van der Waals surface area (Å²) in [6, 6.07) is 5.31. The van der Waals surface area contributed by atoms with Crippen molar-refractivity contribution in [3.05, 3.63) is 42.0 Å². The van der Waals surface area contributed by atoms with Crippen LogP contribution in [-0.2, 0) is 14.6 Å². The molecule has 0 aromatic heterocycles. The van der Waals surface area contributed by atoms with Crippen LogP contribution in [0.1, 0.15) is 23.7 Å². The Morgan fingerprint density at radius 1 is 1.35 bits per heavy atom. The number of sulfone groups is 1. The lowest BCUT2D eigenvalue weighted by Gasteiger charge is -2.06. The first-order chi connectivity index (χ1) is 9.33. The standard InChI is InChI=1S/C14H18O5S/c1-11(2)6-7-19-8-9-20(17,18)13-5-3-4-12(10-13)14(15)16/h3-5,10H,1,6-9H2,2H3,(H,15,16). The van der Waals surface area contributed by atoms with E-state index in [2.05, 4.69) is 6.58 Å². The zero-order chi connectivity index (χ0) is 15.2. The number of ether oxygens (including phenoxy) is 1. The Kier molecular flexibility index (Phi) is 5.91. The van der Waals surface area contributed by atoms with Crippen LogP contribution in [0.5, 0.6) is 0 Å². The molecule has 6 heteroatoms. The Balaban J connectivity index is 2.62. The van der Waals surface area contributed by atoms with Crippen LogP contribution in [0.3, 0.4) is 0 Å². The van der Waals surface area contributed by atoms with Gasteiger partial charge in [0.15, 0.2) is 9.84 Å². The molecule has 20 heavy (non-hydrogen) atoms. The molecular weight excluding hydrogens is 280 g/mol. The molecule has 0 unspecified atom stereocenters. The van der Waals surface area contributed by atoms with E-state index in [1.807, 2.05) is 6.92 Å². The second kappa shape index (κ2) is 7.21. The first-order valence-corrected chi connectivity index (χ1v) is 7.76. The molecule has 0 aliphatic carbocycles. The third-order valence-corrected chi connectivity index (χ3v) is 4.29. The summed E-state index contributed by atoms with van der Waals surface area (Å²) in [5.74, 6) is -1.33. The van der Waals surface area contributed by atoms with Gasteiger partial charge in [0.05, 0.1) is 29.4 Å². The summed E-state index contributed by atoms with van der Waals surface area (Å²) in [7, 11) is -3.53. The highest BCUT2D eigenvalue weighted by Crippen LogP contribution is 2.13. The quantitative estimate of drug-likeness (QED) is 0.587. The lowest BCUT2D eigenvalue weighted by molar-refractivity contribution is 0.0696. The minimum Gasteiger partial charge on any atom is -0.478 e. The van der Waals surface area contributed by atoms with Crippen molar-refractivity contribution < 1.29 is 23.1 Å². The van der Waals surface area contributed by atoms with Gasteiger partial charge in [0.25, 0.3) is 0 Å². The predicted octanol–water partition coefficient (Wildman–Crippen LogP) is 2.14. The molecule has 0 atom stereocenters. The Bertz CT molecular complexity index is 589. The van der Waals surface area contributed by atoms with E-state index in [1.54, 1.807) is 0 Å². The fourth-order valence-corrected chi connectivity index (χ4v) is 2.62. The van der Waals surface area contributed by atoms with Crippen LogP contribution in [0.15, 0.2) is 41.3 Å². The topological polar surface area (TPSA) is 80.7 Å². The molecule has 1 aromatic rings. The van der Waals surface area contributed by atoms with Gasteiger partial charge in [-0.05, 0) is 31.5 Å². The van der Waals surface area contributed by atoms with Gasteiger partial charge in [-0.3, -0.25) is 0 Å². The van der Waals surface area contributed by atoms with Crippen LogP contribution in [0.2, 0.25) is 0 Å². The molecule has 1 N–H and O–H groups in total. The molecule has 0 aliphatic heterocycles. The van der Waals surface area contributed by atoms with Crippen molar-refractivity contribution >= 4 is 15.8 Å². The van der Waals surface area contributed by atoms with E-state index in [4.69, 9.17) is 9.84 Å². The Morgan fingerprint density at radius 3 is 2.65 bits per heavy atom. The highest BCUT2D eigenvalue weighted by Gasteiger charge is 2.16. The molecule has 0 spiro atoms. The number of rotatable bonds is 8. The van der Waals surface area contributed by atoms with Gasteiger partial charge < -0.3 is 9.84 Å². The van der Waals surface area contributed by atoms with Crippen LogP contribution in [0.25, 0.3) is 0 Å². The molecule has 5 nitrogen and oxygen atoms in total. The average Bonchev–Trinajstić information content (AvgIpc) is 2.38. The Morgan fingerprint density at radius 2 is 2.05 bits per heavy atom. The molecule has 0 saturated heterocycles. The van der Waals surface area contributed by atoms with Crippen molar-refractivity contribution in [1.82, 2.24) is 0 Å². The molecule has 0 heterocycles. The molecule has 110 valence electrons. The lowest BCUT2D eigenvalue weighted by Crippen LogP contribution is -2.13. The minimum absolute atomic E-state index is 0.000834. The van der Waals surface area contributed by atoms with Crippen LogP contribution >= 0.6 is 0 Å². The van der Waals surface area contributed by atoms with Crippen LogP contribution in [0, 0.1) is 0 Å². The van der Waals surface area contributed by atoms with Crippen LogP contribution < -0.4 is 0 Å². The zero-order valence-corrected chi connectivity index (χ0v) is 12.1. The summed E-state index contributed by atoms with van der Waals surface area (Å²) in [6.07, 6.45) is 0.689. The summed E-state index contributed by atoms with van der Waals surface area (Å²) in [6.45, 7) is 6.10. The fraction of sp³-hybridized carbons (Fsp3) is 0.357. The molecule has 0 aliphatic rings. The first kappa shape index (κ1) is 16.4. The molecule has 0 fully saturated rings. The van der Waals surface area contributed by atoms with Gasteiger partial charge in [0, 0.05) is 0 Å². The Hall–Kier alpha value is -1.66. The van der Waals surface area contributed by atoms with Gasteiger partial charge in [0.1, 0.15) is 0 Å². The van der Waals surface area contributed by atoms with E-state index in [9.17, 15) is 13.2 Å². The third-order valence-electron chi connectivity index (χ3n) is 2.61. The second-order valence-electron chi connectivity index (χ2n) is 4.47. The minimum atomic E-state index is -3.53. The average molecular weight is 298 g/mol. The third kappa shape index (κ3) is 5.14. The van der Waals surface area contributed by atoms with E-state index >= 15 is 0 Å². The molecule has 0 bridgehead atoms. The maximum absolute atomic E-state index is 12.0. The molecular formula is C14H18O5S. The van der Waals surface area contributed by atoms with Crippen molar-refractivity contribution in [2.45, 2.75) is 18.2 Å². The monoisotopic (exact) mass is 298 g/mol. The van der Waals surface area contributed by atoms with E-state index in [-0.39, 0.29) is 22.8 Å². The summed E-state index contributed by atoms with van der Waals surface area (Å²) < 4.78 is 29.3. The van der Waals surface area contributed by atoms with Gasteiger partial charge in [-0.25, -0.2) is 13.2 Å². The number of hydrogen-bond donors (Lipinski definition) is 1. The van der Waals surface area contributed by atoms with E-state index in [0.29, 0.717) is 13.0 Å². The van der Waals surface area contributed by atoms with Crippen molar-refractivity contribution in [3.8, 4) is 0 Å². The molecule has 0 radical (unpaired) electrons. The summed E-state index contributed by atoms with van der Waals surface area (Å²) in [5, 5.41) is 8.85. The van der Waals surface area contributed by atoms with Crippen molar-refractivity contribution in [1.29, 1.82) is 0 Å².